The van der Waals surface area contributed by atoms with Crippen molar-refractivity contribution in [2.75, 3.05) is 0 Å². The van der Waals surface area contributed by atoms with E-state index in [4.69, 9.17) is 0 Å². The number of pyridine rings is 1. The molecule has 1 nitrogen and oxygen atoms in total. The van der Waals surface area contributed by atoms with Gasteiger partial charge in [0.15, 0.2) is 0 Å². The van der Waals surface area contributed by atoms with Crippen molar-refractivity contribution < 1.29 is 0 Å². The minimum atomic E-state index is 0.543. The smallest absolute Gasteiger partial charge is 0.0432 e. The van der Waals surface area contributed by atoms with Gasteiger partial charge < -0.3 is 0 Å². The Kier molecular flexibility index (Phi) is 3.94. The predicted molar refractivity (Wildman–Crippen MR) is 56.9 cm³/mol. The highest BCUT2D eigenvalue weighted by molar-refractivity contribution is 5.13. The highest BCUT2D eigenvalue weighted by Crippen LogP contribution is 2.12. The molecule has 1 aromatic rings. The average molecular weight is 177 g/mol. The van der Waals surface area contributed by atoms with Gasteiger partial charge in [0.2, 0.25) is 0 Å². The van der Waals surface area contributed by atoms with Gasteiger partial charge in [0, 0.05) is 11.4 Å². The van der Waals surface area contributed by atoms with Crippen LogP contribution >= 0.6 is 0 Å². The van der Waals surface area contributed by atoms with E-state index >= 15 is 0 Å². The van der Waals surface area contributed by atoms with Gasteiger partial charge in [-0.1, -0.05) is 33.3 Å². The lowest BCUT2D eigenvalue weighted by molar-refractivity contribution is 0.752. The first-order valence-electron chi connectivity index (χ1n) is 5.20. The van der Waals surface area contributed by atoms with E-state index in [1.165, 1.54) is 24.2 Å². The fourth-order valence-corrected chi connectivity index (χ4v) is 1.32. The van der Waals surface area contributed by atoms with Crippen molar-refractivity contribution in [2.45, 2.75) is 46.0 Å². The highest BCUT2D eigenvalue weighted by atomic mass is 14.7. The fourth-order valence-electron chi connectivity index (χ4n) is 1.32. The molecule has 1 heteroatoms. The minimum absolute atomic E-state index is 0.543. The summed E-state index contributed by atoms with van der Waals surface area (Å²) in [5.74, 6) is 0.543. The second-order valence-electron chi connectivity index (χ2n) is 3.81. The third kappa shape index (κ3) is 3.17. The third-order valence-corrected chi connectivity index (χ3v) is 2.21. The van der Waals surface area contributed by atoms with E-state index in [1.807, 2.05) is 0 Å². The predicted octanol–water partition coefficient (Wildman–Crippen LogP) is 3.55. The lowest BCUT2D eigenvalue weighted by atomic mass is 10.1. The molecule has 0 aliphatic heterocycles. The standard InChI is InChI=1S/C12H19N/c1-4-5-7-11-8-6-9-12(13-11)10(2)3/h6,8-10H,4-5,7H2,1-3H3. The molecule has 0 spiro atoms. The van der Waals surface area contributed by atoms with Gasteiger partial charge in [0.05, 0.1) is 0 Å². The molecule has 0 amide bonds. The topological polar surface area (TPSA) is 12.9 Å². The summed E-state index contributed by atoms with van der Waals surface area (Å²) in [6.07, 6.45) is 3.61. The van der Waals surface area contributed by atoms with Crippen molar-refractivity contribution in [3.8, 4) is 0 Å². The largest absolute Gasteiger partial charge is 0.258 e. The summed E-state index contributed by atoms with van der Waals surface area (Å²) in [6, 6.07) is 6.36. The van der Waals surface area contributed by atoms with Crippen LogP contribution in [-0.2, 0) is 6.42 Å². The summed E-state index contributed by atoms with van der Waals surface area (Å²) in [5.41, 5.74) is 2.46. The number of unbranched alkanes of at least 4 members (excludes halogenated alkanes) is 1. The number of aromatic nitrogens is 1. The van der Waals surface area contributed by atoms with Gasteiger partial charge >= 0.3 is 0 Å². The molecule has 0 saturated carbocycles. The molecular weight excluding hydrogens is 158 g/mol. The second kappa shape index (κ2) is 5.00. The maximum Gasteiger partial charge on any atom is 0.0432 e. The summed E-state index contributed by atoms with van der Waals surface area (Å²) in [5, 5.41) is 0. The Morgan fingerprint density at radius 2 is 2.08 bits per heavy atom. The van der Waals surface area contributed by atoms with E-state index in [1.54, 1.807) is 0 Å². The lowest BCUT2D eigenvalue weighted by Gasteiger charge is -2.06. The van der Waals surface area contributed by atoms with Gasteiger partial charge in [-0.05, 0) is 30.9 Å². The lowest BCUT2D eigenvalue weighted by Crippen LogP contribution is -1.96. The molecule has 0 aromatic carbocycles. The first kappa shape index (κ1) is 10.2. The maximum atomic E-state index is 4.61. The zero-order valence-corrected chi connectivity index (χ0v) is 8.88. The van der Waals surface area contributed by atoms with Crippen LogP contribution in [-0.4, -0.2) is 4.98 Å². The van der Waals surface area contributed by atoms with E-state index in [2.05, 4.69) is 44.0 Å². The monoisotopic (exact) mass is 177 g/mol. The highest BCUT2D eigenvalue weighted by Gasteiger charge is 2.01. The first-order chi connectivity index (χ1) is 6.24. The van der Waals surface area contributed by atoms with Crippen molar-refractivity contribution >= 4 is 0 Å². The average Bonchev–Trinajstić information content (AvgIpc) is 2.15. The van der Waals surface area contributed by atoms with Gasteiger partial charge in [-0.3, -0.25) is 4.98 Å². The van der Waals surface area contributed by atoms with Crippen LogP contribution < -0.4 is 0 Å². The Labute approximate surface area is 81.2 Å². The molecule has 0 N–H and O–H groups in total. The van der Waals surface area contributed by atoms with Crippen molar-refractivity contribution in [3.05, 3.63) is 29.6 Å². The summed E-state index contributed by atoms with van der Waals surface area (Å²) < 4.78 is 0. The summed E-state index contributed by atoms with van der Waals surface area (Å²) in [6.45, 7) is 6.59. The molecule has 0 aliphatic rings. The van der Waals surface area contributed by atoms with E-state index in [0.717, 1.165) is 6.42 Å². The van der Waals surface area contributed by atoms with Gasteiger partial charge in [0.1, 0.15) is 0 Å². The fraction of sp³-hybridized carbons (Fsp3) is 0.583. The Bertz CT molecular complexity index is 253. The molecule has 0 radical (unpaired) electrons. The molecule has 1 aromatic heterocycles. The quantitative estimate of drug-likeness (QED) is 0.685. The zero-order chi connectivity index (χ0) is 9.68. The van der Waals surface area contributed by atoms with Gasteiger partial charge in [-0.2, -0.15) is 0 Å². The van der Waals surface area contributed by atoms with Crippen LogP contribution in [0.3, 0.4) is 0 Å². The van der Waals surface area contributed by atoms with Crippen LogP contribution in [0, 0.1) is 0 Å². The molecule has 0 saturated heterocycles. The normalized spacial score (nSPS) is 10.8. The van der Waals surface area contributed by atoms with Crippen LogP contribution in [0.25, 0.3) is 0 Å². The number of hydrogen-bond acceptors (Lipinski definition) is 1. The maximum absolute atomic E-state index is 4.61. The van der Waals surface area contributed by atoms with Gasteiger partial charge in [-0.25, -0.2) is 0 Å². The summed E-state index contributed by atoms with van der Waals surface area (Å²) in [4.78, 5) is 4.61. The Hall–Kier alpha value is -0.850. The number of hydrogen-bond donors (Lipinski definition) is 0. The summed E-state index contributed by atoms with van der Waals surface area (Å²) >= 11 is 0. The number of aryl methyl sites for hydroxylation is 1. The van der Waals surface area contributed by atoms with Crippen molar-refractivity contribution in [1.29, 1.82) is 0 Å². The van der Waals surface area contributed by atoms with Crippen LogP contribution in [0.1, 0.15) is 50.9 Å². The van der Waals surface area contributed by atoms with Gasteiger partial charge in [-0.15, -0.1) is 0 Å². The van der Waals surface area contributed by atoms with Crippen molar-refractivity contribution in [3.63, 3.8) is 0 Å². The zero-order valence-electron chi connectivity index (χ0n) is 8.88. The SMILES string of the molecule is CCCCc1cccc(C(C)C)n1. The minimum Gasteiger partial charge on any atom is -0.258 e. The first-order valence-corrected chi connectivity index (χ1v) is 5.20. The molecule has 13 heavy (non-hydrogen) atoms. The van der Waals surface area contributed by atoms with Crippen LogP contribution in [0.5, 0.6) is 0 Å². The van der Waals surface area contributed by atoms with E-state index in [0.29, 0.717) is 5.92 Å². The third-order valence-electron chi connectivity index (χ3n) is 2.21. The Balaban J connectivity index is 2.68. The molecule has 0 unspecified atom stereocenters. The molecule has 0 fully saturated rings. The van der Waals surface area contributed by atoms with E-state index in [-0.39, 0.29) is 0 Å². The second-order valence-corrected chi connectivity index (χ2v) is 3.81. The Morgan fingerprint density at radius 1 is 1.31 bits per heavy atom. The molecule has 0 aliphatic carbocycles. The molecule has 1 rings (SSSR count). The van der Waals surface area contributed by atoms with Crippen LogP contribution in [0.2, 0.25) is 0 Å². The van der Waals surface area contributed by atoms with Crippen molar-refractivity contribution in [2.24, 2.45) is 0 Å². The summed E-state index contributed by atoms with van der Waals surface area (Å²) in [7, 11) is 0. The number of nitrogens with zero attached hydrogens (tertiary/aromatic N) is 1. The molecular formula is C12H19N. The molecule has 0 bridgehead atoms. The molecule has 72 valence electrons. The number of rotatable bonds is 4. The van der Waals surface area contributed by atoms with E-state index < -0.39 is 0 Å². The van der Waals surface area contributed by atoms with Crippen LogP contribution in [0.15, 0.2) is 18.2 Å². The van der Waals surface area contributed by atoms with Gasteiger partial charge in [0.25, 0.3) is 0 Å². The van der Waals surface area contributed by atoms with E-state index in [9.17, 15) is 0 Å². The molecule has 0 atom stereocenters. The molecule has 1 heterocycles. The van der Waals surface area contributed by atoms with Crippen molar-refractivity contribution in [1.82, 2.24) is 4.98 Å². The van der Waals surface area contributed by atoms with Crippen LogP contribution in [0.4, 0.5) is 0 Å². The Morgan fingerprint density at radius 3 is 2.69 bits per heavy atom.